The average Bonchev–Trinajstić information content (AvgIpc) is 3.22. The maximum atomic E-state index is 16.0. The van der Waals surface area contributed by atoms with Gasteiger partial charge in [0.05, 0.1) is 61.6 Å². The highest BCUT2D eigenvalue weighted by Gasteiger charge is 2.57. The molecule has 3 heterocycles. The van der Waals surface area contributed by atoms with Gasteiger partial charge in [0.1, 0.15) is 29.1 Å². The van der Waals surface area contributed by atoms with E-state index >= 15 is 8.78 Å². The summed E-state index contributed by atoms with van der Waals surface area (Å²) in [6.45, 7) is 3.45. The number of esters is 1. The first-order valence-corrected chi connectivity index (χ1v) is 26.1. The molecule has 2 aliphatic rings. The smallest absolute Gasteiger partial charge is 0.410 e. The molecule has 0 spiro atoms. The quantitative estimate of drug-likeness (QED) is 0.0138. The Bertz CT molecular complexity index is 2920. The first kappa shape index (κ1) is 67.1. The number of aliphatic imine (C=N–C) groups is 1. The lowest BCUT2D eigenvalue weighted by Crippen LogP contribution is -2.62. The van der Waals surface area contributed by atoms with E-state index in [0.717, 1.165) is 33.1 Å². The van der Waals surface area contributed by atoms with Crippen LogP contribution in [0.5, 0.6) is 0 Å². The molecule has 5 rings (SSSR count). The zero-order valence-corrected chi connectivity index (χ0v) is 47.4. The van der Waals surface area contributed by atoms with Gasteiger partial charge in [-0.2, -0.15) is 35.1 Å². The fraction of sp³-hybridized carbons (Fsp3) is 0.518. The molecular formula is C56H67F10N9O9. The van der Waals surface area contributed by atoms with E-state index in [9.17, 15) is 64.2 Å². The van der Waals surface area contributed by atoms with Crippen molar-refractivity contribution < 1.29 is 87.2 Å². The number of hydrogen-bond donors (Lipinski definition) is 5. The monoisotopic (exact) mass is 1200 g/mol. The largest absolute Gasteiger partial charge is 0.469 e. The van der Waals surface area contributed by atoms with E-state index in [1.165, 1.54) is 24.3 Å². The number of alkyl halides is 8. The second-order valence-corrected chi connectivity index (χ2v) is 22.2. The van der Waals surface area contributed by atoms with Crippen molar-refractivity contribution in [2.45, 2.75) is 135 Å². The summed E-state index contributed by atoms with van der Waals surface area (Å²) in [5.41, 5.74) is 0.551. The number of pyridine rings is 1. The summed E-state index contributed by atoms with van der Waals surface area (Å²) >= 11 is 0. The van der Waals surface area contributed by atoms with Gasteiger partial charge in [-0.25, -0.2) is 33.4 Å². The summed E-state index contributed by atoms with van der Waals surface area (Å²) in [5, 5.41) is 16.7. The summed E-state index contributed by atoms with van der Waals surface area (Å²) in [7, 11) is 1.65. The third-order valence-electron chi connectivity index (χ3n) is 14.3. The fourth-order valence-corrected chi connectivity index (χ4v) is 9.19. The second-order valence-electron chi connectivity index (χ2n) is 22.2. The Balaban J connectivity index is 1.49. The van der Waals surface area contributed by atoms with Crippen molar-refractivity contribution in [3.05, 3.63) is 100 Å². The van der Waals surface area contributed by atoms with Crippen LogP contribution < -0.4 is 26.7 Å². The molecule has 2 unspecified atom stereocenters. The number of benzene rings is 2. The molecule has 3 aromatic rings. The highest BCUT2D eigenvalue weighted by atomic mass is 19.4. The van der Waals surface area contributed by atoms with Crippen molar-refractivity contribution in [3.8, 4) is 11.8 Å². The molecule has 0 saturated carbocycles. The van der Waals surface area contributed by atoms with Gasteiger partial charge < -0.3 is 40.6 Å². The van der Waals surface area contributed by atoms with Gasteiger partial charge in [0, 0.05) is 66.5 Å². The maximum absolute atomic E-state index is 16.0. The number of nitrogens with one attached hydrogen (secondary N) is 3. The van der Waals surface area contributed by atoms with E-state index in [1.54, 1.807) is 23.2 Å². The van der Waals surface area contributed by atoms with Crippen LogP contribution in [-0.4, -0.2) is 145 Å². The molecule has 6 N–H and O–H groups in total. The van der Waals surface area contributed by atoms with Crippen molar-refractivity contribution in [1.29, 1.82) is 0 Å². The van der Waals surface area contributed by atoms with Gasteiger partial charge in [0.15, 0.2) is 0 Å². The highest BCUT2D eigenvalue weighted by molar-refractivity contribution is 5.87. The number of hydrogen-bond acceptors (Lipinski definition) is 14. The number of halogens is 10. The van der Waals surface area contributed by atoms with Crippen LogP contribution in [0, 0.1) is 40.2 Å². The molecule has 28 heteroatoms. The number of carbonyl (C=O) groups is 5. The predicted molar refractivity (Wildman–Crippen MR) is 286 cm³/mol. The SMILES string of the molecule is COC(=O)C[C@H](C(=O)NN(Cc1c(F)cc(C(N)=CC=NC(F)F)cc1F)C[C@H](O)[C@H](Cc1ccc(C#Cc2ccc(N3CC4CCC(C3)N4C(=O)OC(C)(C)C)nc2)cc1)NC(=O)[C@@H](NC(=O)OC)C(C)(C)C(F)(F)F)C(C)(C)C(F)(F)F. The van der Waals surface area contributed by atoms with Gasteiger partial charge >= 0.3 is 37.1 Å². The minimum absolute atomic E-state index is 0.0573. The van der Waals surface area contributed by atoms with E-state index in [1.807, 2.05) is 26.1 Å². The van der Waals surface area contributed by atoms with Crippen LogP contribution in [-0.2, 0) is 41.6 Å². The molecule has 84 heavy (non-hydrogen) atoms. The van der Waals surface area contributed by atoms with Gasteiger partial charge in [-0.3, -0.25) is 24.7 Å². The number of carbonyl (C=O) groups excluding carboxylic acids is 5. The Kier molecular flexibility index (Phi) is 21.9. The first-order valence-electron chi connectivity index (χ1n) is 26.1. The third-order valence-corrected chi connectivity index (χ3v) is 14.3. The fourth-order valence-electron chi connectivity index (χ4n) is 9.19. The zero-order valence-electron chi connectivity index (χ0n) is 47.4. The minimum Gasteiger partial charge on any atom is -0.469 e. The number of allylic oxidation sites excluding steroid dienone is 1. The number of aliphatic hydroxyl groups is 1. The Morgan fingerprint density at radius 2 is 1.40 bits per heavy atom. The van der Waals surface area contributed by atoms with Crippen molar-refractivity contribution in [2.75, 3.05) is 38.8 Å². The summed E-state index contributed by atoms with van der Waals surface area (Å²) in [6.07, 6.45) is -11.5. The van der Waals surface area contributed by atoms with Crippen molar-refractivity contribution in [1.82, 2.24) is 31.0 Å². The number of piperazine rings is 1. The number of aromatic nitrogens is 1. The van der Waals surface area contributed by atoms with Crippen LogP contribution in [0.2, 0.25) is 0 Å². The number of aliphatic hydroxyl groups excluding tert-OH is 1. The van der Waals surface area contributed by atoms with E-state index in [2.05, 4.69) is 46.9 Å². The molecule has 18 nitrogen and oxygen atoms in total. The molecular weight excluding hydrogens is 1130 g/mol. The van der Waals surface area contributed by atoms with Crippen molar-refractivity contribution in [3.63, 3.8) is 0 Å². The summed E-state index contributed by atoms with van der Waals surface area (Å²) < 4.78 is 159. The van der Waals surface area contributed by atoms with Gasteiger partial charge in [-0.1, -0.05) is 37.8 Å². The van der Waals surface area contributed by atoms with Crippen LogP contribution in [0.3, 0.4) is 0 Å². The molecule has 460 valence electrons. The predicted octanol–water partition coefficient (Wildman–Crippen LogP) is 7.94. The highest BCUT2D eigenvalue weighted by Crippen LogP contribution is 2.45. The number of methoxy groups -OCH3 is 2. The number of nitrogens with zero attached hydrogens (tertiary/aromatic N) is 5. The van der Waals surface area contributed by atoms with Crippen LogP contribution >= 0.6 is 0 Å². The molecule has 0 aliphatic carbocycles. The summed E-state index contributed by atoms with van der Waals surface area (Å²) in [5.74, 6) is -2.99. The lowest BCUT2D eigenvalue weighted by molar-refractivity contribution is -0.231. The normalized spacial score (nSPS) is 17.5. The topological polar surface area (TPSA) is 230 Å². The molecule has 2 aliphatic heterocycles. The van der Waals surface area contributed by atoms with Gasteiger partial charge in [0.2, 0.25) is 11.8 Å². The third kappa shape index (κ3) is 17.5. The standard InChI is InChI=1S/C56H67F10N9O9/c1-52(2,3)84-51(81)75-35-17-18-36(75)28-73(27-35)44-19-16-33(26-69-44)15-12-31-10-13-32(14-11-31)22-42(70-48(79)46(71-50(80)83-9)54(6,7)56(64,65)66)43(76)30-74(72-47(78)38(25-45(77)82-8)53(4,5)55(61,62)63)29-37-39(57)23-34(24-40(37)58)41(67)20-21-68-49(59)60/h10-11,13-14,16,19-21,23-24,26,35-36,38,42-43,46,49,76H,17-18,22,25,27-30,67H2,1-9H3,(H,70,79)(H,71,80)(H,72,78)/t35?,36?,38-,42+,43+,46-/m1/s1. The Morgan fingerprint density at radius 1 is 0.833 bits per heavy atom. The van der Waals surface area contributed by atoms with Crippen molar-refractivity contribution in [2.24, 2.45) is 27.5 Å². The number of fused-ring (bicyclic) bond motifs is 2. The Labute approximate surface area is 478 Å². The van der Waals surface area contributed by atoms with Gasteiger partial charge in [-0.05, 0) is 102 Å². The molecule has 2 saturated heterocycles. The van der Waals surface area contributed by atoms with E-state index in [4.69, 9.17) is 10.5 Å². The van der Waals surface area contributed by atoms with E-state index < -0.39 is 138 Å². The second kappa shape index (κ2) is 27.4. The number of nitrogens with two attached hydrogens (primary N) is 1. The number of amides is 4. The number of anilines is 1. The van der Waals surface area contributed by atoms with Gasteiger partial charge in [-0.15, -0.1) is 0 Å². The molecule has 6 atom stereocenters. The first-order chi connectivity index (χ1) is 39.0. The number of alkyl carbamates (subject to hydrolysis) is 1. The van der Waals surface area contributed by atoms with Crippen LogP contribution in [0.15, 0.2) is 65.8 Å². The summed E-state index contributed by atoms with van der Waals surface area (Å²) in [4.78, 5) is 77.3. The Hall–Kier alpha value is -7.67. The number of rotatable bonds is 20. The maximum Gasteiger partial charge on any atom is 0.410 e. The molecule has 0 radical (unpaired) electrons. The van der Waals surface area contributed by atoms with Crippen LogP contribution in [0.4, 0.5) is 59.3 Å². The number of hydrazine groups is 1. The zero-order chi connectivity index (χ0) is 62.9. The lowest BCUT2D eigenvalue weighted by atomic mass is 9.75. The van der Waals surface area contributed by atoms with E-state index in [0.29, 0.717) is 81.1 Å². The van der Waals surface area contributed by atoms with Crippen LogP contribution in [0.1, 0.15) is 95.5 Å². The lowest BCUT2D eigenvalue weighted by Gasteiger charge is -2.41. The van der Waals surface area contributed by atoms with Crippen LogP contribution in [0.25, 0.3) is 5.70 Å². The molecule has 2 bridgehead atoms. The Morgan fingerprint density at radius 3 is 1.92 bits per heavy atom. The van der Waals surface area contributed by atoms with Gasteiger partial charge in [0.25, 0.3) is 0 Å². The molecule has 2 aromatic carbocycles. The minimum atomic E-state index is -5.19. The molecule has 4 amide bonds. The van der Waals surface area contributed by atoms with Crippen molar-refractivity contribution >= 4 is 47.7 Å². The molecule has 1 aromatic heterocycles. The summed E-state index contributed by atoms with van der Waals surface area (Å²) in [6, 6.07) is 6.41. The molecule has 2 fully saturated rings. The van der Waals surface area contributed by atoms with E-state index in [-0.39, 0.29) is 23.7 Å². The average molecular weight is 1200 g/mol. The number of ether oxygens (including phenoxy) is 3.